The molecule has 0 saturated carbocycles. The van der Waals surface area contributed by atoms with Gasteiger partial charge in [-0.15, -0.1) is 0 Å². The summed E-state index contributed by atoms with van der Waals surface area (Å²) in [6, 6.07) is 12.6. The van der Waals surface area contributed by atoms with Crippen LogP contribution < -0.4 is 15.4 Å². The highest BCUT2D eigenvalue weighted by molar-refractivity contribution is 6.30. The minimum absolute atomic E-state index is 0.165. The Morgan fingerprint density at radius 2 is 1.76 bits per heavy atom. The largest absolute Gasteiger partial charge is 0.484 e. The molecule has 0 spiro atoms. The van der Waals surface area contributed by atoms with E-state index in [1.165, 1.54) is 4.90 Å². The van der Waals surface area contributed by atoms with Gasteiger partial charge in [0.1, 0.15) is 5.75 Å². The molecular weight excluding hydrogens is 446 g/mol. The number of anilines is 1. The fraction of sp³-hybridized carbons (Fsp3) is 0.292. The summed E-state index contributed by atoms with van der Waals surface area (Å²) in [6.45, 7) is 5.07. The van der Waals surface area contributed by atoms with E-state index in [-0.39, 0.29) is 24.6 Å². The topological polar surface area (TPSA) is 97.0 Å². The summed E-state index contributed by atoms with van der Waals surface area (Å²) in [7, 11) is 1.59. The summed E-state index contributed by atoms with van der Waals surface area (Å²) in [5.74, 6) is -0.288. The predicted octanol–water partition coefficient (Wildman–Crippen LogP) is 4.28. The maximum Gasteiger partial charge on any atom is 0.338 e. The van der Waals surface area contributed by atoms with Crippen LogP contribution in [-0.4, -0.2) is 42.6 Å². The fourth-order valence-electron chi connectivity index (χ4n) is 3.26. The Labute approximate surface area is 197 Å². The van der Waals surface area contributed by atoms with Crippen LogP contribution in [0.2, 0.25) is 5.02 Å². The van der Waals surface area contributed by atoms with Crippen LogP contribution in [0.3, 0.4) is 0 Å². The molecule has 0 aliphatic carbocycles. The maximum absolute atomic E-state index is 12.7. The molecule has 2 aromatic carbocycles. The van der Waals surface area contributed by atoms with E-state index in [0.717, 1.165) is 0 Å². The van der Waals surface area contributed by atoms with Crippen molar-refractivity contribution in [3.8, 4) is 5.75 Å². The number of benzene rings is 2. The Hall–Kier alpha value is -3.52. The van der Waals surface area contributed by atoms with Crippen molar-refractivity contribution in [1.29, 1.82) is 0 Å². The minimum atomic E-state index is -0.669. The van der Waals surface area contributed by atoms with Crippen molar-refractivity contribution in [1.82, 2.24) is 10.2 Å². The molecule has 0 fully saturated rings. The number of hydrogen-bond donors (Lipinski definition) is 2. The van der Waals surface area contributed by atoms with Crippen molar-refractivity contribution in [3.05, 3.63) is 70.4 Å². The lowest BCUT2D eigenvalue weighted by Crippen LogP contribution is -2.46. The second kappa shape index (κ2) is 10.4. The molecule has 2 N–H and O–H groups in total. The SMILES string of the molecule is CC1=C(C(=O)OC(C)C)C(c2ccc(NC(=O)COc3ccc(Cl)cc3)cc2)NC(=O)N1C. The molecule has 0 radical (unpaired) electrons. The Kier molecular flexibility index (Phi) is 7.60. The summed E-state index contributed by atoms with van der Waals surface area (Å²) in [4.78, 5) is 38.7. The van der Waals surface area contributed by atoms with Crippen LogP contribution in [0.15, 0.2) is 59.8 Å². The Balaban J connectivity index is 1.70. The van der Waals surface area contributed by atoms with E-state index in [9.17, 15) is 14.4 Å². The van der Waals surface area contributed by atoms with E-state index in [1.54, 1.807) is 76.3 Å². The Morgan fingerprint density at radius 1 is 1.12 bits per heavy atom. The Morgan fingerprint density at radius 3 is 2.36 bits per heavy atom. The molecular formula is C24H26ClN3O5. The molecule has 3 rings (SSSR count). The average molecular weight is 472 g/mol. The monoisotopic (exact) mass is 471 g/mol. The van der Waals surface area contributed by atoms with Crippen molar-refractivity contribution in [2.45, 2.75) is 32.9 Å². The third-order valence-corrected chi connectivity index (χ3v) is 5.28. The smallest absolute Gasteiger partial charge is 0.338 e. The number of nitrogens with zero attached hydrogens (tertiary/aromatic N) is 1. The van der Waals surface area contributed by atoms with Gasteiger partial charge in [0.05, 0.1) is 17.7 Å². The number of rotatable bonds is 7. The number of allylic oxidation sites excluding steroid dienone is 1. The van der Waals surface area contributed by atoms with E-state index in [2.05, 4.69) is 10.6 Å². The quantitative estimate of drug-likeness (QED) is 0.587. The predicted molar refractivity (Wildman–Crippen MR) is 125 cm³/mol. The van der Waals surface area contributed by atoms with Crippen LogP contribution in [0.4, 0.5) is 10.5 Å². The van der Waals surface area contributed by atoms with Crippen LogP contribution in [0.5, 0.6) is 5.75 Å². The second-order valence-electron chi connectivity index (χ2n) is 7.81. The standard InChI is InChI=1S/C24H26ClN3O5/c1-14(2)33-23(30)21-15(3)28(4)24(31)27-22(21)16-5-9-18(10-6-16)26-20(29)13-32-19-11-7-17(25)8-12-19/h5-12,14,22H,13H2,1-4H3,(H,26,29)(H,27,31). The molecule has 174 valence electrons. The molecule has 33 heavy (non-hydrogen) atoms. The molecule has 3 amide bonds. The first-order chi connectivity index (χ1) is 15.7. The van der Waals surface area contributed by atoms with Gasteiger partial charge in [0.15, 0.2) is 6.61 Å². The van der Waals surface area contributed by atoms with E-state index < -0.39 is 12.0 Å². The number of halogens is 1. The molecule has 1 aliphatic heterocycles. The average Bonchev–Trinajstić information content (AvgIpc) is 2.77. The zero-order valence-corrected chi connectivity index (χ0v) is 19.6. The highest BCUT2D eigenvalue weighted by Gasteiger charge is 2.35. The van der Waals surface area contributed by atoms with Gasteiger partial charge in [-0.2, -0.15) is 0 Å². The molecule has 0 aromatic heterocycles. The van der Waals surface area contributed by atoms with E-state index in [1.807, 2.05) is 0 Å². The number of hydrogen-bond acceptors (Lipinski definition) is 5. The number of carbonyl (C=O) groups is 3. The normalized spacial score (nSPS) is 15.9. The summed E-state index contributed by atoms with van der Waals surface area (Å²) >= 11 is 5.83. The molecule has 8 nitrogen and oxygen atoms in total. The first-order valence-corrected chi connectivity index (χ1v) is 10.8. The molecule has 1 aliphatic rings. The zero-order valence-electron chi connectivity index (χ0n) is 18.8. The maximum atomic E-state index is 12.7. The van der Waals surface area contributed by atoms with E-state index in [0.29, 0.717) is 33.3 Å². The number of ether oxygens (including phenoxy) is 2. The Bertz CT molecular complexity index is 1060. The van der Waals surface area contributed by atoms with Gasteiger partial charge in [0.25, 0.3) is 5.91 Å². The van der Waals surface area contributed by atoms with E-state index >= 15 is 0 Å². The number of amides is 3. The molecule has 0 bridgehead atoms. The third kappa shape index (κ3) is 6.04. The van der Waals surface area contributed by atoms with Crippen LogP contribution in [0.25, 0.3) is 0 Å². The van der Waals surface area contributed by atoms with Gasteiger partial charge < -0.3 is 25.0 Å². The van der Waals surface area contributed by atoms with Gasteiger partial charge >= 0.3 is 12.0 Å². The van der Waals surface area contributed by atoms with Crippen molar-refractivity contribution >= 4 is 35.2 Å². The van der Waals surface area contributed by atoms with Crippen LogP contribution in [-0.2, 0) is 14.3 Å². The van der Waals surface area contributed by atoms with Gasteiger partial charge in [-0.25, -0.2) is 9.59 Å². The number of esters is 1. The first kappa shape index (κ1) is 24.1. The fourth-order valence-corrected chi connectivity index (χ4v) is 3.39. The third-order valence-electron chi connectivity index (χ3n) is 5.03. The highest BCUT2D eigenvalue weighted by Crippen LogP contribution is 2.31. The molecule has 1 heterocycles. The van der Waals surface area contributed by atoms with Crippen LogP contribution in [0.1, 0.15) is 32.4 Å². The lowest BCUT2D eigenvalue weighted by atomic mass is 9.95. The first-order valence-electron chi connectivity index (χ1n) is 10.4. The number of carbonyl (C=O) groups excluding carboxylic acids is 3. The number of nitrogens with one attached hydrogen (secondary N) is 2. The molecule has 9 heteroatoms. The molecule has 1 unspecified atom stereocenters. The summed E-state index contributed by atoms with van der Waals surface area (Å²) < 4.78 is 10.8. The van der Waals surface area contributed by atoms with E-state index in [4.69, 9.17) is 21.1 Å². The molecule has 2 aromatic rings. The van der Waals surface area contributed by atoms with Crippen molar-refractivity contribution in [3.63, 3.8) is 0 Å². The lowest BCUT2D eigenvalue weighted by molar-refractivity contribution is -0.143. The van der Waals surface area contributed by atoms with Gasteiger partial charge in [-0.3, -0.25) is 4.79 Å². The lowest BCUT2D eigenvalue weighted by Gasteiger charge is -2.33. The van der Waals surface area contributed by atoms with Crippen molar-refractivity contribution < 1.29 is 23.9 Å². The van der Waals surface area contributed by atoms with Crippen molar-refractivity contribution in [2.24, 2.45) is 0 Å². The molecule has 0 saturated heterocycles. The summed E-state index contributed by atoms with van der Waals surface area (Å²) in [6.07, 6.45) is -0.297. The van der Waals surface area contributed by atoms with Crippen molar-refractivity contribution in [2.75, 3.05) is 19.0 Å². The van der Waals surface area contributed by atoms with Gasteiger partial charge in [-0.05, 0) is 62.7 Å². The van der Waals surface area contributed by atoms with Gasteiger partial charge in [0, 0.05) is 23.5 Å². The summed E-state index contributed by atoms with van der Waals surface area (Å²) in [5, 5.41) is 6.16. The highest BCUT2D eigenvalue weighted by atomic mass is 35.5. The summed E-state index contributed by atoms with van der Waals surface area (Å²) in [5.41, 5.74) is 2.11. The minimum Gasteiger partial charge on any atom is -0.484 e. The zero-order chi connectivity index (χ0) is 24.1. The van der Waals surface area contributed by atoms with Crippen LogP contribution >= 0.6 is 11.6 Å². The van der Waals surface area contributed by atoms with Gasteiger partial charge in [-0.1, -0.05) is 23.7 Å². The van der Waals surface area contributed by atoms with Crippen LogP contribution in [0, 0.1) is 0 Å². The van der Waals surface area contributed by atoms with Gasteiger partial charge in [0.2, 0.25) is 0 Å². The second-order valence-corrected chi connectivity index (χ2v) is 8.24. The molecule has 1 atom stereocenters. The number of urea groups is 1.